The number of carbonyl (C=O) groups excluding carboxylic acids is 3. The molecule has 3 rings (SSSR count). The molecule has 1 aromatic heterocycles. The average molecular weight is 467 g/mol. The zero-order chi connectivity index (χ0) is 23.3. The number of amides is 2. The molecule has 0 bridgehead atoms. The number of tetrazole rings is 1. The molecule has 1 N–H and O–H groups in total. The topological polar surface area (TPSA) is 177 Å². The number of alkyl halides is 3. The first-order chi connectivity index (χ1) is 14.3. The molecule has 1 saturated heterocycles. The van der Waals surface area contributed by atoms with Gasteiger partial charge in [-0.3, -0.25) is 9.59 Å². The number of fused-ring (bicyclic) bond motifs is 1. The Balaban J connectivity index is 1.80. The van der Waals surface area contributed by atoms with Crippen molar-refractivity contribution in [2.75, 3.05) is 0 Å². The second-order valence-corrected chi connectivity index (χ2v) is 8.40. The molecule has 0 saturated carbocycles. The lowest BCUT2D eigenvalue weighted by Crippen LogP contribution is -2.66. The molecule has 2 amide bonds. The van der Waals surface area contributed by atoms with Crippen molar-refractivity contribution in [3.05, 3.63) is 17.8 Å². The highest BCUT2D eigenvalue weighted by molar-refractivity contribution is 7.87. The van der Waals surface area contributed by atoms with E-state index in [-0.39, 0.29) is 6.54 Å². The molecule has 31 heavy (non-hydrogen) atoms. The molecular weight excluding hydrogens is 453 g/mol. The summed E-state index contributed by atoms with van der Waals surface area (Å²) in [6.45, 7) is 2.33. The summed E-state index contributed by atoms with van der Waals surface area (Å²) in [5.74, 6) is -6.90. The fourth-order valence-electron chi connectivity index (χ4n) is 3.59. The van der Waals surface area contributed by atoms with E-state index in [1.165, 1.54) is 20.2 Å². The van der Waals surface area contributed by atoms with E-state index in [4.69, 9.17) is 0 Å². The molecular formula is C14H14F3N6O7S-. The van der Waals surface area contributed by atoms with E-state index >= 15 is 0 Å². The molecule has 4 atom stereocenters. The molecule has 2 aliphatic heterocycles. The minimum atomic E-state index is -6.18. The molecule has 0 aliphatic carbocycles. The Hall–Kier alpha value is -3.24. The first-order valence-corrected chi connectivity index (χ1v) is 9.96. The Labute approximate surface area is 171 Å². The van der Waals surface area contributed by atoms with Crippen LogP contribution in [0.5, 0.6) is 0 Å². The molecule has 0 radical (unpaired) electrons. The molecule has 17 heteroatoms. The maximum atomic E-state index is 12.7. The predicted octanol–water partition coefficient (Wildman–Crippen LogP) is -2.52. The summed E-state index contributed by atoms with van der Waals surface area (Å²) < 4.78 is 66.0. The van der Waals surface area contributed by atoms with Crippen molar-refractivity contribution in [3.8, 4) is 0 Å². The highest BCUT2D eigenvalue weighted by Gasteiger charge is 2.61. The molecule has 1 fully saturated rings. The van der Waals surface area contributed by atoms with Crippen molar-refractivity contribution in [1.29, 1.82) is 0 Å². The van der Waals surface area contributed by atoms with E-state index in [9.17, 15) is 41.1 Å². The number of hydrogen-bond acceptors (Lipinski definition) is 10. The van der Waals surface area contributed by atoms with Gasteiger partial charge in [0.05, 0.1) is 17.9 Å². The van der Waals surface area contributed by atoms with Crippen LogP contribution in [0.15, 0.2) is 17.8 Å². The number of halogens is 3. The number of carbonyl (C=O) groups is 3. The zero-order valence-electron chi connectivity index (χ0n) is 15.7. The van der Waals surface area contributed by atoms with Crippen LogP contribution in [0, 0.1) is 11.8 Å². The fourth-order valence-corrected chi connectivity index (χ4v) is 4.16. The van der Waals surface area contributed by atoms with E-state index in [2.05, 4.69) is 25.0 Å². The quantitative estimate of drug-likeness (QED) is 0.256. The van der Waals surface area contributed by atoms with Crippen molar-refractivity contribution in [2.45, 2.75) is 38.0 Å². The maximum Gasteiger partial charge on any atom is 0.534 e. The summed E-state index contributed by atoms with van der Waals surface area (Å²) in [5.41, 5.74) is -6.91. The van der Waals surface area contributed by atoms with Gasteiger partial charge in [-0.2, -0.15) is 21.6 Å². The molecule has 3 heterocycles. The Morgan fingerprint density at radius 3 is 2.55 bits per heavy atom. The van der Waals surface area contributed by atoms with Crippen LogP contribution in [-0.4, -0.2) is 68.9 Å². The molecule has 0 aromatic carbocycles. The van der Waals surface area contributed by atoms with E-state index in [1.807, 2.05) is 0 Å². The number of nitrogens with one attached hydrogen (secondary N) is 1. The Morgan fingerprint density at radius 1 is 1.39 bits per heavy atom. The molecule has 170 valence electrons. The van der Waals surface area contributed by atoms with Gasteiger partial charge in [-0.15, -0.1) is 5.10 Å². The van der Waals surface area contributed by atoms with E-state index in [1.54, 1.807) is 0 Å². The summed E-state index contributed by atoms with van der Waals surface area (Å²) in [5, 5.41) is 24.1. The number of carboxylic acid groups (broad SMARTS) is 1. The molecule has 3 unspecified atom stereocenters. The van der Waals surface area contributed by atoms with E-state index < -0.39 is 68.8 Å². The largest absolute Gasteiger partial charge is 0.543 e. The smallest absolute Gasteiger partial charge is 0.534 e. The second-order valence-electron chi connectivity index (χ2n) is 6.86. The van der Waals surface area contributed by atoms with Crippen molar-refractivity contribution in [3.63, 3.8) is 0 Å². The lowest BCUT2D eigenvalue weighted by atomic mass is 9.77. The van der Waals surface area contributed by atoms with Crippen LogP contribution in [-0.2, 0) is 35.2 Å². The van der Waals surface area contributed by atoms with Gasteiger partial charge in [-0.05, 0) is 17.4 Å². The van der Waals surface area contributed by atoms with Gasteiger partial charge in [0.2, 0.25) is 11.8 Å². The molecule has 0 spiro atoms. The number of β-lactam (4-membered cyclic amide) rings is 1. The van der Waals surface area contributed by atoms with Crippen molar-refractivity contribution in [1.82, 2.24) is 30.4 Å². The highest BCUT2D eigenvalue weighted by Crippen LogP contribution is 2.48. The van der Waals surface area contributed by atoms with Gasteiger partial charge in [-0.1, -0.05) is 6.92 Å². The normalized spacial score (nSPS) is 24.5. The van der Waals surface area contributed by atoms with Gasteiger partial charge in [0.1, 0.15) is 18.6 Å². The molecule has 2 aliphatic rings. The standard InChI is InChI=1S/C14H15F3N6O7S/c1-5-9-8(6(2)19-7(24)3-22-4-18-20-21-22)12(25)23(9)10(13(26)27)11(5)30-31(28,29)14(15,16)17/h4-6,8-9H,3H2,1-2H3,(H,19,24)(H,26,27)/p-1/t5?,6-,8?,9?/m1/s1. The summed E-state index contributed by atoms with van der Waals surface area (Å²) >= 11 is 0. The first-order valence-electron chi connectivity index (χ1n) is 8.55. The summed E-state index contributed by atoms with van der Waals surface area (Å²) in [4.78, 5) is 36.7. The number of nitrogens with zero attached hydrogens (tertiary/aromatic N) is 5. The van der Waals surface area contributed by atoms with Crippen LogP contribution in [0.1, 0.15) is 13.8 Å². The van der Waals surface area contributed by atoms with Gasteiger partial charge in [0, 0.05) is 12.0 Å². The van der Waals surface area contributed by atoms with Gasteiger partial charge in [0.15, 0.2) is 5.76 Å². The summed E-state index contributed by atoms with van der Waals surface area (Å²) in [7, 11) is -6.18. The van der Waals surface area contributed by atoms with E-state index in [0.717, 1.165) is 4.68 Å². The summed E-state index contributed by atoms with van der Waals surface area (Å²) in [6.07, 6.45) is 1.17. The van der Waals surface area contributed by atoms with Crippen LogP contribution in [0.2, 0.25) is 0 Å². The SMILES string of the molecule is CC1C(OS(=O)(=O)C(F)(F)F)=C(C(=O)[O-])N2C(=O)C([C@@H](C)NC(=O)Cn3cnnn3)C12. The number of rotatable bonds is 7. The number of hydrogen-bond donors (Lipinski definition) is 1. The highest BCUT2D eigenvalue weighted by atomic mass is 32.2. The van der Waals surface area contributed by atoms with Crippen LogP contribution in [0.4, 0.5) is 13.2 Å². The third-order valence-corrected chi connectivity index (χ3v) is 5.86. The minimum Gasteiger partial charge on any atom is -0.543 e. The zero-order valence-corrected chi connectivity index (χ0v) is 16.5. The lowest BCUT2D eigenvalue weighted by Gasteiger charge is -2.48. The van der Waals surface area contributed by atoms with Crippen molar-refractivity contribution >= 4 is 27.9 Å². The van der Waals surface area contributed by atoms with Gasteiger partial charge in [0.25, 0.3) is 0 Å². The average Bonchev–Trinajstić information content (AvgIpc) is 3.20. The summed E-state index contributed by atoms with van der Waals surface area (Å²) in [6, 6.07) is -1.95. The first kappa shape index (κ1) is 22.4. The third-order valence-electron chi connectivity index (χ3n) is 4.89. The van der Waals surface area contributed by atoms with Crippen LogP contribution >= 0.6 is 0 Å². The van der Waals surface area contributed by atoms with Gasteiger partial charge < -0.3 is 24.3 Å². The number of aliphatic carboxylic acids is 1. The van der Waals surface area contributed by atoms with Crippen LogP contribution < -0.4 is 10.4 Å². The van der Waals surface area contributed by atoms with Gasteiger partial charge in [-0.25, -0.2) is 4.68 Å². The Kier molecular flexibility index (Phi) is 5.41. The minimum absolute atomic E-state index is 0.289. The lowest BCUT2D eigenvalue weighted by molar-refractivity contribution is -0.301. The number of carboxylic acids is 1. The van der Waals surface area contributed by atoms with Gasteiger partial charge >= 0.3 is 15.6 Å². The van der Waals surface area contributed by atoms with E-state index in [0.29, 0.717) is 4.90 Å². The molecule has 1 aromatic rings. The maximum absolute atomic E-state index is 12.7. The van der Waals surface area contributed by atoms with Crippen LogP contribution in [0.3, 0.4) is 0 Å². The number of aromatic nitrogens is 4. The van der Waals surface area contributed by atoms with Crippen LogP contribution in [0.25, 0.3) is 0 Å². The fraction of sp³-hybridized carbons (Fsp3) is 0.571. The second kappa shape index (κ2) is 7.47. The third kappa shape index (κ3) is 3.79. The van der Waals surface area contributed by atoms with Crippen molar-refractivity contribution < 1.29 is 45.3 Å². The monoisotopic (exact) mass is 467 g/mol. The molecule has 13 nitrogen and oxygen atoms in total. The van der Waals surface area contributed by atoms with Crippen molar-refractivity contribution in [2.24, 2.45) is 11.8 Å². The Morgan fingerprint density at radius 2 is 2.03 bits per heavy atom. The predicted molar refractivity (Wildman–Crippen MR) is 86.8 cm³/mol. The Bertz CT molecular complexity index is 1050.